The number of carbonyl (C=O) groups excluding carboxylic acids is 1. The van der Waals surface area contributed by atoms with Gasteiger partial charge in [0, 0.05) is 12.4 Å². The zero-order chi connectivity index (χ0) is 22.9. The molecule has 0 aromatic heterocycles. The number of hydrogen-bond donors (Lipinski definition) is 3. The van der Waals surface area contributed by atoms with Gasteiger partial charge in [-0.3, -0.25) is 4.79 Å². The van der Waals surface area contributed by atoms with E-state index >= 15 is 0 Å². The predicted molar refractivity (Wildman–Crippen MR) is 128 cm³/mol. The van der Waals surface area contributed by atoms with E-state index in [1.165, 1.54) is 12.0 Å². The monoisotopic (exact) mass is 441 g/mol. The highest BCUT2D eigenvalue weighted by Crippen LogP contribution is 2.66. The molecule has 4 aliphatic rings. The molecule has 7 heteroatoms. The van der Waals surface area contributed by atoms with Gasteiger partial charge in [-0.15, -0.1) is 0 Å². The van der Waals surface area contributed by atoms with Crippen LogP contribution >= 0.6 is 0 Å². The van der Waals surface area contributed by atoms with Gasteiger partial charge in [0.25, 0.3) is 0 Å². The molecule has 1 aliphatic heterocycles. The first-order chi connectivity index (χ1) is 15.3. The highest BCUT2D eigenvalue weighted by Gasteiger charge is 2.68. The Balaban J connectivity index is 1.43. The third-order valence-corrected chi connectivity index (χ3v) is 8.54. The number of amides is 1. The summed E-state index contributed by atoms with van der Waals surface area (Å²) in [6, 6.07) is 9.86. The van der Waals surface area contributed by atoms with E-state index in [-0.39, 0.29) is 30.5 Å². The molecule has 5 N–H and O–H groups in total. The topological polar surface area (TPSA) is 99.6 Å². The summed E-state index contributed by atoms with van der Waals surface area (Å²) in [5, 5.41) is 3.08. The van der Waals surface area contributed by atoms with Gasteiger partial charge in [0.1, 0.15) is 0 Å². The molecule has 1 heterocycles. The first-order valence-corrected chi connectivity index (χ1v) is 12.4. The summed E-state index contributed by atoms with van der Waals surface area (Å²) < 4.78 is 13.3. The molecule has 3 saturated carbocycles. The first-order valence-electron chi connectivity index (χ1n) is 12.4. The van der Waals surface area contributed by atoms with Crippen molar-refractivity contribution in [2.45, 2.75) is 82.9 Å². The molecule has 2 bridgehead atoms. The van der Waals surface area contributed by atoms with Crippen LogP contribution in [0.4, 0.5) is 0 Å². The Morgan fingerprint density at radius 1 is 1.22 bits per heavy atom. The Kier molecular flexibility index (Phi) is 7.01. The maximum Gasteiger partial charge on any atom is 0.463 e. The van der Waals surface area contributed by atoms with Crippen molar-refractivity contribution in [1.29, 1.82) is 0 Å². The van der Waals surface area contributed by atoms with Crippen molar-refractivity contribution in [2.75, 3.05) is 13.1 Å². The molecular formula is C25H40BN3O3. The van der Waals surface area contributed by atoms with Crippen molar-refractivity contribution in [1.82, 2.24) is 5.32 Å². The fourth-order valence-corrected chi connectivity index (χ4v) is 6.29. The maximum atomic E-state index is 12.6. The summed E-state index contributed by atoms with van der Waals surface area (Å²) >= 11 is 0. The average Bonchev–Trinajstić information content (AvgIpc) is 3.14. The van der Waals surface area contributed by atoms with Crippen molar-refractivity contribution in [3.8, 4) is 0 Å². The Labute approximate surface area is 193 Å². The molecule has 6 nitrogen and oxygen atoms in total. The van der Waals surface area contributed by atoms with E-state index in [0.29, 0.717) is 36.8 Å². The largest absolute Gasteiger partial charge is 0.463 e. The van der Waals surface area contributed by atoms with Crippen LogP contribution in [0.25, 0.3) is 0 Å². The van der Waals surface area contributed by atoms with Crippen LogP contribution in [0.1, 0.15) is 58.4 Å². The van der Waals surface area contributed by atoms with E-state index in [1.54, 1.807) is 0 Å². The molecule has 0 unspecified atom stereocenters. The molecule has 6 atom stereocenters. The Hall–Kier alpha value is -1.41. The lowest BCUT2D eigenvalue weighted by molar-refractivity contribution is -0.199. The molecule has 1 aromatic carbocycles. The van der Waals surface area contributed by atoms with Crippen LogP contribution in [0.2, 0.25) is 5.82 Å². The minimum Gasteiger partial charge on any atom is -0.405 e. The van der Waals surface area contributed by atoms with E-state index in [0.717, 1.165) is 25.7 Å². The van der Waals surface area contributed by atoms with Gasteiger partial charge in [0.05, 0.1) is 17.7 Å². The van der Waals surface area contributed by atoms with Gasteiger partial charge in [0.2, 0.25) is 5.91 Å². The number of rotatable bonds is 10. The van der Waals surface area contributed by atoms with Crippen LogP contribution in [0.3, 0.4) is 0 Å². The molecule has 3 aliphatic carbocycles. The summed E-state index contributed by atoms with van der Waals surface area (Å²) in [5.41, 5.74) is 12.9. The number of nitrogens with one attached hydrogen (secondary N) is 1. The fourth-order valence-electron chi connectivity index (χ4n) is 6.29. The average molecular weight is 441 g/mol. The van der Waals surface area contributed by atoms with E-state index in [1.807, 2.05) is 18.2 Å². The van der Waals surface area contributed by atoms with Crippen molar-refractivity contribution in [3.63, 3.8) is 0 Å². The number of hydrogen-bond acceptors (Lipinski definition) is 5. The number of benzene rings is 1. The minimum atomic E-state index is -0.502. The lowest BCUT2D eigenvalue weighted by Gasteiger charge is -2.64. The van der Waals surface area contributed by atoms with Crippen molar-refractivity contribution in [2.24, 2.45) is 28.7 Å². The van der Waals surface area contributed by atoms with Crippen LogP contribution in [0.5, 0.6) is 0 Å². The van der Waals surface area contributed by atoms with E-state index in [9.17, 15) is 4.79 Å². The van der Waals surface area contributed by atoms with Crippen molar-refractivity contribution < 1.29 is 14.1 Å². The third-order valence-electron chi connectivity index (χ3n) is 8.54. The molecule has 0 spiro atoms. The van der Waals surface area contributed by atoms with Gasteiger partial charge in [-0.05, 0) is 68.4 Å². The van der Waals surface area contributed by atoms with E-state index in [4.69, 9.17) is 20.8 Å². The zero-order valence-corrected chi connectivity index (χ0v) is 19.9. The van der Waals surface area contributed by atoms with Gasteiger partial charge in [0.15, 0.2) is 0 Å². The highest BCUT2D eigenvalue weighted by molar-refractivity contribution is 6.47. The molecule has 1 aromatic rings. The molecule has 4 fully saturated rings. The molecule has 1 amide bonds. The number of carbonyl (C=O) groups is 1. The summed E-state index contributed by atoms with van der Waals surface area (Å²) in [4.78, 5) is 12.6. The molecule has 176 valence electrons. The summed E-state index contributed by atoms with van der Waals surface area (Å²) in [6.07, 6.45) is 5.62. The van der Waals surface area contributed by atoms with E-state index < -0.39 is 6.04 Å². The van der Waals surface area contributed by atoms with Gasteiger partial charge in [-0.1, -0.05) is 50.6 Å². The molecule has 32 heavy (non-hydrogen) atoms. The molecular weight excluding hydrogens is 401 g/mol. The smallest absolute Gasteiger partial charge is 0.405 e. The normalized spacial score (nSPS) is 32.0. The predicted octanol–water partition coefficient (Wildman–Crippen LogP) is 2.90. The summed E-state index contributed by atoms with van der Waals surface area (Å²) in [5.74, 6) is 1.16. The first kappa shape index (κ1) is 23.7. The highest BCUT2D eigenvalue weighted by atomic mass is 16.7. The van der Waals surface area contributed by atoms with Gasteiger partial charge in [-0.2, -0.15) is 0 Å². The third kappa shape index (κ3) is 4.50. The quantitative estimate of drug-likeness (QED) is 0.383. The van der Waals surface area contributed by atoms with Gasteiger partial charge >= 0.3 is 7.12 Å². The maximum absolute atomic E-state index is 12.6. The molecule has 1 saturated heterocycles. The van der Waals surface area contributed by atoms with Gasteiger partial charge < -0.3 is 26.1 Å². The number of unbranched alkanes of at least 4 members (excludes halogenated alkanes) is 1. The van der Waals surface area contributed by atoms with Crippen molar-refractivity contribution >= 4 is 13.0 Å². The Morgan fingerprint density at radius 3 is 2.66 bits per heavy atom. The minimum absolute atomic E-state index is 0.0281. The van der Waals surface area contributed by atoms with Crippen LogP contribution < -0.4 is 16.8 Å². The van der Waals surface area contributed by atoms with Crippen LogP contribution in [-0.2, 0) is 20.5 Å². The Bertz CT molecular complexity index is 792. The standard InChI is InChI=1S/C25H40BN3O3/c1-24(2)18-14-21(24)25(3)22(15-18)31-26(32-25)19(13-17-9-5-4-6-10-17)16-29-23(30)20(28)11-7-8-12-27/h4-6,9-10,18-22H,7-8,11-16,27-28H2,1-3H3,(H,29,30)/t18-,19-,20+,21-,22+,25-/m1/s1. The number of nitrogens with two attached hydrogens (primary N) is 2. The Morgan fingerprint density at radius 2 is 1.97 bits per heavy atom. The van der Waals surface area contributed by atoms with Crippen LogP contribution in [0, 0.1) is 17.3 Å². The second-order valence-electron chi connectivity index (χ2n) is 10.9. The summed E-state index contributed by atoms with van der Waals surface area (Å²) in [6.45, 7) is 8.10. The molecule has 0 radical (unpaired) electrons. The van der Waals surface area contributed by atoms with Gasteiger partial charge in [-0.25, -0.2) is 0 Å². The second-order valence-corrected chi connectivity index (χ2v) is 10.9. The zero-order valence-electron chi connectivity index (χ0n) is 19.9. The van der Waals surface area contributed by atoms with Crippen LogP contribution in [0.15, 0.2) is 30.3 Å². The summed E-state index contributed by atoms with van der Waals surface area (Å²) in [7, 11) is -0.325. The molecule has 5 rings (SSSR count). The lowest BCUT2D eigenvalue weighted by Crippen LogP contribution is -2.65. The SMILES string of the molecule is CC1(C)[C@H]2C[C@@H]3OB([C@@H](CNC(=O)[C@@H](N)CCCCN)Cc4ccccc4)O[C@]3(C)[C@@H]1C2. The lowest BCUT2D eigenvalue weighted by atomic mass is 9.43. The fraction of sp³-hybridized carbons (Fsp3) is 0.720. The van der Waals surface area contributed by atoms with Crippen molar-refractivity contribution in [3.05, 3.63) is 35.9 Å². The van der Waals surface area contributed by atoms with E-state index in [2.05, 4.69) is 38.2 Å². The second kappa shape index (κ2) is 9.45. The van der Waals surface area contributed by atoms with Crippen LogP contribution in [-0.4, -0.2) is 43.9 Å².